The maximum absolute atomic E-state index is 6.23. The summed E-state index contributed by atoms with van der Waals surface area (Å²) >= 11 is 6.23. The second-order valence-electron chi connectivity index (χ2n) is 5.50. The van der Waals surface area contributed by atoms with Crippen molar-refractivity contribution in [2.24, 2.45) is 0 Å². The van der Waals surface area contributed by atoms with Crippen LogP contribution in [0, 0.1) is 0 Å². The molecule has 0 atom stereocenters. The number of benzene rings is 1. The Hall–Kier alpha value is -2.72. The first-order valence-corrected chi connectivity index (χ1v) is 7.94. The van der Waals surface area contributed by atoms with Crippen molar-refractivity contribution < 1.29 is 9.15 Å². The highest BCUT2D eigenvalue weighted by atomic mass is 35.5. The second-order valence-corrected chi connectivity index (χ2v) is 5.89. The summed E-state index contributed by atoms with van der Waals surface area (Å²) in [6.07, 6.45) is 3.68. The molecule has 0 N–H and O–H groups in total. The Morgan fingerprint density at radius 2 is 2.00 bits per heavy atom. The van der Waals surface area contributed by atoms with Crippen molar-refractivity contribution in [3.8, 4) is 17.1 Å². The molecule has 0 unspecified atom stereocenters. The molecule has 0 aliphatic rings. The molecule has 1 aromatic carbocycles. The van der Waals surface area contributed by atoms with Crippen molar-refractivity contribution in [2.75, 3.05) is 7.11 Å². The highest BCUT2D eigenvalue weighted by molar-refractivity contribution is 6.30. The Labute approximate surface area is 144 Å². The number of hydrogen-bond acceptors (Lipinski definition) is 3. The molecule has 4 rings (SSSR count). The minimum atomic E-state index is 0.448. The van der Waals surface area contributed by atoms with Crippen LogP contribution < -0.4 is 4.74 Å². The molecule has 0 aliphatic carbocycles. The van der Waals surface area contributed by atoms with Crippen molar-refractivity contribution in [3.05, 3.63) is 71.7 Å². The predicted octanol–water partition coefficient (Wildman–Crippen LogP) is 5.01. The van der Waals surface area contributed by atoms with Gasteiger partial charge in [0.05, 0.1) is 13.4 Å². The molecule has 4 aromatic rings. The fourth-order valence-corrected chi connectivity index (χ4v) is 3.01. The second kappa shape index (κ2) is 6.06. The summed E-state index contributed by atoms with van der Waals surface area (Å²) in [4.78, 5) is 4.50. The number of aromatic nitrogens is 2. The van der Waals surface area contributed by atoms with Gasteiger partial charge in [0.1, 0.15) is 22.3 Å². The van der Waals surface area contributed by atoms with Crippen LogP contribution in [-0.4, -0.2) is 16.7 Å². The van der Waals surface area contributed by atoms with Gasteiger partial charge in [0.15, 0.2) is 0 Å². The van der Waals surface area contributed by atoms with Crippen molar-refractivity contribution in [3.63, 3.8) is 0 Å². The summed E-state index contributed by atoms with van der Waals surface area (Å²) in [5.41, 5.74) is 2.95. The SMILES string of the molecule is COc1ccc(Cn2ccc3c(-c4ccco4)cc(Cl)nc32)cc1. The van der Waals surface area contributed by atoms with Crippen LogP contribution in [0.4, 0.5) is 0 Å². The van der Waals surface area contributed by atoms with Crippen molar-refractivity contribution >= 4 is 22.6 Å². The summed E-state index contributed by atoms with van der Waals surface area (Å²) < 4.78 is 12.8. The molecule has 0 amide bonds. The fourth-order valence-electron chi connectivity index (χ4n) is 2.82. The standard InChI is InChI=1S/C19H15ClN2O2/c1-23-14-6-4-13(5-7-14)12-22-9-8-15-16(17-3-2-10-24-17)11-18(20)21-19(15)22/h2-11H,12H2,1H3. The van der Waals surface area contributed by atoms with Crippen LogP contribution in [0.15, 0.2) is 65.4 Å². The molecule has 0 saturated heterocycles. The third-order valence-electron chi connectivity index (χ3n) is 4.00. The number of halogens is 1. The molecule has 0 radical (unpaired) electrons. The number of fused-ring (bicyclic) bond motifs is 1. The minimum Gasteiger partial charge on any atom is -0.497 e. The maximum Gasteiger partial charge on any atom is 0.142 e. The Morgan fingerprint density at radius 3 is 2.71 bits per heavy atom. The van der Waals surface area contributed by atoms with E-state index in [9.17, 15) is 0 Å². The van der Waals surface area contributed by atoms with E-state index in [1.807, 2.05) is 54.7 Å². The van der Waals surface area contributed by atoms with Crippen molar-refractivity contribution in [1.82, 2.24) is 9.55 Å². The molecule has 5 heteroatoms. The molecule has 120 valence electrons. The van der Waals surface area contributed by atoms with Gasteiger partial charge < -0.3 is 13.7 Å². The zero-order chi connectivity index (χ0) is 16.5. The van der Waals surface area contributed by atoms with Crippen LogP contribution in [0.5, 0.6) is 5.75 Å². The lowest BCUT2D eigenvalue weighted by Crippen LogP contribution is -1.99. The lowest BCUT2D eigenvalue weighted by molar-refractivity contribution is 0.414. The molecule has 24 heavy (non-hydrogen) atoms. The topological polar surface area (TPSA) is 40.2 Å². The monoisotopic (exact) mass is 338 g/mol. The highest BCUT2D eigenvalue weighted by Gasteiger charge is 2.13. The van der Waals surface area contributed by atoms with E-state index in [1.165, 1.54) is 0 Å². The number of methoxy groups -OCH3 is 1. The van der Waals surface area contributed by atoms with Gasteiger partial charge in [-0.15, -0.1) is 0 Å². The van der Waals surface area contributed by atoms with Gasteiger partial charge in [0, 0.05) is 23.7 Å². The number of ether oxygens (including phenoxy) is 1. The third-order valence-corrected chi connectivity index (χ3v) is 4.19. The average molecular weight is 339 g/mol. The van der Waals surface area contributed by atoms with E-state index in [2.05, 4.69) is 9.55 Å². The molecule has 0 saturated carbocycles. The van der Waals surface area contributed by atoms with Crippen LogP contribution in [0.1, 0.15) is 5.56 Å². The van der Waals surface area contributed by atoms with Gasteiger partial charge >= 0.3 is 0 Å². The predicted molar refractivity (Wildman–Crippen MR) is 94.5 cm³/mol. The Balaban J connectivity index is 1.77. The van der Waals surface area contributed by atoms with Crippen LogP contribution in [0.25, 0.3) is 22.4 Å². The molecular formula is C19H15ClN2O2. The summed E-state index contributed by atoms with van der Waals surface area (Å²) in [6, 6.07) is 15.7. The molecule has 0 fully saturated rings. The van der Waals surface area contributed by atoms with Crippen LogP contribution in [0.3, 0.4) is 0 Å². The van der Waals surface area contributed by atoms with Crippen molar-refractivity contribution in [2.45, 2.75) is 6.54 Å². The van der Waals surface area contributed by atoms with Gasteiger partial charge in [-0.05, 0) is 42.0 Å². The first-order valence-electron chi connectivity index (χ1n) is 7.57. The van der Waals surface area contributed by atoms with E-state index in [-0.39, 0.29) is 0 Å². The molecule has 4 nitrogen and oxygen atoms in total. The zero-order valence-electron chi connectivity index (χ0n) is 13.1. The molecule has 0 aliphatic heterocycles. The quantitative estimate of drug-likeness (QED) is 0.491. The van der Waals surface area contributed by atoms with Crippen LogP contribution >= 0.6 is 11.6 Å². The molecule has 3 heterocycles. The first-order chi connectivity index (χ1) is 11.7. The molecule has 0 spiro atoms. The maximum atomic E-state index is 6.23. The minimum absolute atomic E-state index is 0.448. The Kier molecular flexibility index (Phi) is 3.75. The normalized spacial score (nSPS) is 11.1. The van der Waals surface area contributed by atoms with E-state index in [1.54, 1.807) is 13.4 Å². The largest absolute Gasteiger partial charge is 0.497 e. The number of furan rings is 1. The average Bonchev–Trinajstić information content (AvgIpc) is 3.26. The molecule has 0 bridgehead atoms. The van der Waals surface area contributed by atoms with E-state index in [4.69, 9.17) is 20.8 Å². The smallest absolute Gasteiger partial charge is 0.142 e. The lowest BCUT2D eigenvalue weighted by atomic mass is 10.1. The first kappa shape index (κ1) is 14.8. The van der Waals surface area contributed by atoms with Gasteiger partial charge in [-0.25, -0.2) is 4.98 Å². The van der Waals surface area contributed by atoms with Crippen LogP contribution in [0.2, 0.25) is 5.15 Å². The van der Waals surface area contributed by atoms with E-state index >= 15 is 0 Å². The Morgan fingerprint density at radius 1 is 1.17 bits per heavy atom. The number of rotatable bonds is 4. The Bertz CT molecular complexity index is 973. The summed E-state index contributed by atoms with van der Waals surface area (Å²) in [5.74, 6) is 1.63. The number of hydrogen-bond donors (Lipinski definition) is 0. The molecular weight excluding hydrogens is 324 g/mol. The van der Waals surface area contributed by atoms with Crippen molar-refractivity contribution in [1.29, 1.82) is 0 Å². The highest BCUT2D eigenvalue weighted by Crippen LogP contribution is 2.31. The summed E-state index contributed by atoms with van der Waals surface area (Å²) in [6.45, 7) is 0.707. The lowest BCUT2D eigenvalue weighted by Gasteiger charge is -2.08. The van der Waals surface area contributed by atoms with E-state index in [0.29, 0.717) is 11.7 Å². The fraction of sp³-hybridized carbons (Fsp3) is 0.105. The number of nitrogens with zero attached hydrogens (tertiary/aromatic N) is 2. The van der Waals surface area contributed by atoms with E-state index < -0.39 is 0 Å². The van der Waals surface area contributed by atoms with Gasteiger partial charge in [-0.2, -0.15) is 0 Å². The van der Waals surface area contributed by atoms with Crippen LogP contribution in [-0.2, 0) is 6.54 Å². The summed E-state index contributed by atoms with van der Waals surface area (Å²) in [7, 11) is 1.66. The van der Waals surface area contributed by atoms with Gasteiger partial charge in [0.2, 0.25) is 0 Å². The summed E-state index contributed by atoms with van der Waals surface area (Å²) in [5, 5.41) is 1.46. The number of pyridine rings is 1. The van der Waals surface area contributed by atoms with Gasteiger partial charge in [-0.1, -0.05) is 23.7 Å². The van der Waals surface area contributed by atoms with E-state index in [0.717, 1.165) is 33.7 Å². The third kappa shape index (κ3) is 2.65. The molecule has 3 aromatic heterocycles. The zero-order valence-corrected chi connectivity index (χ0v) is 13.8. The van der Waals surface area contributed by atoms with Gasteiger partial charge in [-0.3, -0.25) is 0 Å². The van der Waals surface area contributed by atoms with Gasteiger partial charge in [0.25, 0.3) is 0 Å².